The van der Waals surface area contributed by atoms with E-state index in [4.69, 9.17) is 0 Å². The molecule has 0 saturated carbocycles. The van der Waals surface area contributed by atoms with Gasteiger partial charge in [-0.2, -0.15) is 10.2 Å². The van der Waals surface area contributed by atoms with Crippen molar-refractivity contribution in [2.75, 3.05) is 0 Å². The van der Waals surface area contributed by atoms with Crippen LogP contribution in [0.4, 0.5) is 0 Å². The van der Waals surface area contributed by atoms with Gasteiger partial charge in [0.25, 0.3) is 0 Å². The van der Waals surface area contributed by atoms with Crippen molar-refractivity contribution in [3.05, 3.63) is 103 Å². The highest BCUT2D eigenvalue weighted by atomic mass is 15.1. The molecule has 0 N–H and O–H groups in total. The molecule has 0 bridgehead atoms. The van der Waals surface area contributed by atoms with Crippen molar-refractivity contribution in [1.82, 2.24) is 35.1 Å². The molecule has 0 aliphatic heterocycles. The van der Waals surface area contributed by atoms with Crippen LogP contribution in [0.5, 0.6) is 0 Å². The molecule has 40 heavy (non-hydrogen) atoms. The van der Waals surface area contributed by atoms with Gasteiger partial charge in [0.05, 0.1) is 11.4 Å². The number of hydrogen-bond acceptors (Lipinski definition) is 7. The fraction of sp³-hybridized carbons (Fsp3) is 0.485. The van der Waals surface area contributed by atoms with Crippen LogP contribution in [-0.2, 0) is 21.7 Å². The Bertz CT molecular complexity index is 989. The summed E-state index contributed by atoms with van der Waals surface area (Å²) in [5, 5.41) is 7.80. The SMILES string of the molecule is CC(C)(C)c1ccccn1.CC(C)(C)c1cccnn1.CC(C)(C)c1cnccn1.CC(C)(C)c1ncccn1. The Hall–Kier alpha value is -3.61. The van der Waals surface area contributed by atoms with Gasteiger partial charge in [-0.15, -0.1) is 0 Å². The number of nitrogens with zero attached hydrogens (tertiary/aromatic N) is 7. The Morgan fingerprint density at radius 1 is 0.425 bits per heavy atom. The number of rotatable bonds is 0. The molecule has 0 fully saturated rings. The third-order valence-corrected chi connectivity index (χ3v) is 5.34. The van der Waals surface area contributed by atoms with Gasteiger partial charge >= 0.3 is 0 Å². The maximum absolute atomic E-state index is 4.25. The minimum absolute atomic E-state index is 0.0707. The van der Waals surface area contributed by atoms with Gasteiger partial charge in [0, 0.05) is 70.7 Å². The largest absolute Gasteiger partial charge is 0.261 e. The number of hydrogen-bond donors (Lipinski definition) is 0. The Balaban J connectivity index is 0.000000267. The summed E-state index contributed by atoms with van der Waals surface area (Å²) in [6.45, 7) is 25.5. The second-order valence-corrected chi connectivity index (χ2v) is 13.5. The van der Waals surface area contributed by atoms with E-state index in [1.807, 2.05) is 36.5 Å². The van der Waals surface area contributed by atoms with Gasteiger partial charge in [0.15, 0.2) is 0 Å². The van der Waals surface area contributed by atoms with E-state index in [0.29, 0.717) is 0 Å². The zero-order valence-electron chi connectivity index (χ0n) is 26.6. The van der Waals surface area contributed by atoms with E-state index in [-0.39, 0.29) is 21.7 Å². The summed E-state index contributed by atoms with van der Waals surface area (Å²) in [6.07, 6.45) is 12.3. The zero-order valence-corrected chi connectivity index (χ0v) is 26.6. The summed E-state index contributed by atoms with van der Waals surface area (Å²) in [6, 6.07) is 11.7. The summed E-state index contributed by atoms with van der Waals surface area (Å²) in [7, 11) is 0. The van der Waals surface area contributed by atoms with Crippen molar-refractivity contribution >= 4 is 0 Å². The van der Waals surface area contributed by atoms with E-state index in [0.717, 1.165) is 22.9 Å². The van der Waals surface area contributed by atoms with Crippen molar-refractivity contribution in [1.29, 1.82) is 0 Å². The van der Waals surface area contributed by atoms with Gasteiger partial charge in [0.1, 0.15) is 5.82 Å². The summed E-state index contributed by atoms with van der Waals surface area (Å²) in [5.41, 5.74) is 3.71. The number of pyridine rings is 1. The molecule has 0 saturated heterocycles. The van der Waals surface area contributed by atoms with Gasteiger partial charge in [-0.25, -0.2) is 9.97 Å². The van der Waals surface area contributed by atoms with E-state index in [2.05, 4.69) is 124 Å². The molecule has 4 aromatic rings. The molecule has 0 unspecified atom stereocenters. The van der Waals surface area contributed by atoms with Gasteiger partial charge in [-0.05, 0) is 30.3 Å². The molecule has 0 spiro atoms. The second-order valence-electron chi connectivity index (χ2n) is 13.5. The monoisotopic (exact) mass is 543 g/mol. The molecule has 0 aliphatic rings. The lowest BCUT2D eigenvalue weighted by atomic mass is 9.92. The molecule has 7 heteroatoms. The van der Waals surface area contributed by atoms with Crippen molar-refractivity contribution in [3.63, 3.8) is 0 Å². The summed E-state index contributed by atoms with van der Waals surface area (Å²) in [4.78, 5) is 20.7. The first-order valence-corrected chi connectivity index (χ1v) is 13.7. The fourth-order valence-electron chi connectivity index (χ4n) is 2.88. The summed E-state index contributed by atoms with van der Waals surface area (Å²) in [5.74, 6) is 0.898. The highest BCUT2D eigenvalue weighted by molar-refractivity contribution is 5.12. The molecule has 216 valence electrons. The van der Waals surface area contributed by atoms with Crippen LogP contribution in [0.3, 0.4) is 0 Å². The average Bonchev–Trinajstić information content (AvgIpc) is 2.90. The van der Waals surface area contributed by atoms with E-state index >= 15 is 0 Å². The molecule has 4 aromatic heterocycles. The predicted octanol–water partition coefficient (Wildman–Crippen LogP) is 7.70. The van der Waals surface area contributed by atoms with Crippen LogP contribution in [0, 0.1) is 0 Å². The molecule has 0 radical (unpaired) electrons. The Labute approximate surface area is 242 Å². The van der Waals surface area contributed by atoms with Gasteiger partial charge in [0.2, 0.25) is 0 Å². The molecule has 4 rings (SSSR count). The van der Waals surface area contributed by atoms with Crippen LogP contribution < -0.4 is 0 Å². The summed E-state index contributed by atoms with van der Waals surface area (Å²) < 4.78 is 0. The normalized spacial score (nSPS) is 11.5. The van der Waals surface area contributed by atoms with Gasteiger partial charge in [-0.3, -0.25) is 15.0 Å². The van der Waals surface area contributed by atoms with Crippen LogP contribution in [0.15, 0.2) is 79.8 Å². The molecule has 0 amide bonds. The third kappa shape index (κ3) is 14.0. The maximum atomic E-state index is 4.25. The van der Waals surface area contributed by atoms with Crippen LogP contribution >= 0.6 is 0 Å². The fourth-order valence-corrected chi connectivity index (χ4v) is 2.88. The van der Waals surface area contributed by atoms with Crippen molar-refractivity contribution < 1.29 is 0 Å². The van der Waals surface area contributed by atoms with Crippen LogP contribution in [-0.4, -0.2) is 35.1 Å². The predicted molar refractivity (Wildman–Crippen MR) is 165 cm³/mol. The molecule has 0 atom stereocenters. The van der Waals surface area contributed by atoms with Crippen molar-refractivity contribution in [2.45, 2.75) is 105 Å². The summed E-state index contributed by atoms with van der Waals surface area (Å²) >= 11 is 0. The molecular weight excluding hydrogens is 494 g/mol. The topological polar surface area (TPSA) is 90.2 Å². The van der Waals surface area contributed by atoms with Gasteiger partial charge < -0.3 is 0 Å². The molecule has 0 aliphatic carbocycles. The first-order chi connectivity index (χ1) is 18.4. The maximum Gasteiger partial charge on any atom is 0.133 e. The molecule has 4 heterocycles. The smallest absolute Gasteiger partial charge is 0.133 e. The Morgan fingerprint density at radius 2 is 0.950 bits per heavy atom. The van der Waals surface area contributed by atoms with E-state index in [1.165, 1.54) is 0 Å². The van der Waals surface area contributed by atoms with Crippen LogP contribution in [0.25, 0.3) is 0 Å². The van der Waals surface area contributed by atoms with E-state index in [1.54, 1.807) is 37.2 Å². The van der Waals surface area contributed by atoms with Crippen LogP contribution in [0.1, 0.15) is 106 Å². The lowest BCUT2D eigenvalue weighted by Gasteiger charge is -2.16. The van der Waals surface area contributed by atoms with Crippen molar-refractivity contribution in [3.8, 4) is 0 Å². The lowest BCUT2D eigenvalue weighted by Crippen LogP contribution is -2.14. The van der Waals surface area contributed by atoms with Crippen LogP contribution in [0.2, 0.25) is 0 Å². The average molecular weight is 544 g/mol. The molecule has 7 nitrogen and oxygen atoms in total. The number of aromatic nitrogens is 7. The highest BCUT2D eigenvalue weighted by Gasteiger charge is 2.16. The Morgan fingerprint density at radius 3 is 1.25 bits per heavy atom. The van der Waals surface area contributed by atoms with E-state index in [9.17, 15) is 0 Å². The third-order valence-electron chi connectivity index (χ3n) is 5.34. The quantitative estimate of drug-likeness (QED) is 0.224. The van der Waals surface area contributed by atoms with Crippen molar-refractivity contribution in [2.24, 2.45) is 0 Å². The molecular formula is C33H49N7. The standard InChI is InChI=1S/C9H13N.3C8H12N2/c1-9(2,3)8-6-4-5-7-10-8;1-8(2,3)7-6-9-4-5-10-7;1-8(2,3)7-9-5-4-6-10-7;1-8(2,3)7-5-4-6-9-10-7/h4-7H,1-3H3;3*4-6H,1-3H3. The van der Waals surface area contributed by atoms with E-state index < -0.39 is 0 Å². The highest BCUT2D eigenvalue weighted by Crippen LogP contribution is 2.19. The minimum atomic E-state index is 0.0707. The van der Waals surface area contributed by atoms with Gasteiger partial charge in [-0.1, -0.05) is 89.2 Å². The first-order valence-electron chi connectivity index (χ1n) is 13.7. The lowest BCUT2D eigenvalue weighted by molar-refractivity contribution is 0.545. The molecule has 0 aromatic carbocycles. The Kier molecular flexibility index (Phi) is 13.1. The first kappa shape index (κ1) is 34.4. The zero-order chi connectivity index (χ0) is 30.5. The minimum Gasteiger partial charge on any atom is -0.261 e. The second kappa shape index (κ2) is 15.2.